The normalized spacial score (nSPS) is 20.5. The van der Waals surface area contributed by atoms with Crippen LogP contribution < -0.4 is 10.2 Å². The first-order chi connectivity index (χ1) is 18.4. The number of carbonyl (C=O) groups is 3. The lowest BCUT2D eigenvalue weighted by atomic mass is 9.92. The lowest BCUT2D eigenvalue weighted by molar-refractivity contribution is -0.130. The summed E-state index contributed by atoms with van der Waals surface area (Å²) < 4.78 is 0. The predicted octanol–water partition coefficient (Wildman–Crippen LogP) is 1.35. The van der Waals surface area contributed by atoms with Gasteiger partial charge in [0, 0.05) is 77.4 Å². The number of amides is 3. The summed E-state index contributed by atoms with van der Waals surface area (Å²) in [5, 5.41) is 14.5. The number of anilines is 1. The van der Waals surface area contributed by atoms with Crippen LogP contribution in [0.4, 0.5) is 5.69 Å². The van der Waals surface area contributed by atoms with Gasteiger partial charge >= 0.3 is 0 Å². The molecule has 5 rings (SSSR count). The van der Waals surface area contributed by atoms with Gasteiger partial charge in [0.2, 0.25) is 5.91 Å². The molecule has 0 bridgehead atoms. The lowest BCUT2D eigenvalue weighted by Gasteiger charge is -2.34. The Morgan fingerprint density at radius 1 is 0.974 bits per heavy atom. The Morgan fingerprint density at radius 2 is 1.66 bits per heavy atom. The van der Waals surface area contributed by atoms with Crippen molar-refractivity contribution in [3.8, 4) is 0 Å². The molecule has 0 aromatic heterocycles. The maximum Gasteiger partial charge on any atom is 0.256 e. The average Bonchev–Trinajstić information content (AvgIpc) is 3.08. The first kappa shape index (κ1) is 26.2. The first-order valence-electron chi connectivity index (χ1n) is 13.6. The highest BCUT2D eigenvalue weighted by Gasteiger charge is 2.32. The van der Waals surface area contributed by atoms with Gasteiger partial charge in [0.05, 0.1) is 17.4 Å². The highest BCUT2D eigenvalue weighted by Crippen LogP contribution is 2.28. The van der Waals surface area contributed by atoms with E-state index in [4.69, 9.17) is 0 Å². The molecule has 9 heteroatoms. The molecule has 2 atom stereocenters. The monoisotopic (exact) mass is 519 g/mol. The van der Waals surface area contributed by atoms with Crippen LogP contribution in [-0.4, -0.2) is 102 Å². The average molecular weight is 520 g/mol. The standard InChI is InChI=1S/C29H37N5O4/c1-3-31-10-15-34(19-27(36)25-16-21-6-4-5-7-23(21)18-30-25)29(38)24-9-8-22(17-26(24)31)28(37)33-13-11-32(12-14-33)20(2)35/h4-9,17,25,27,30,36H,3,10-16,18-19H2,1-2H3/t25-,27?/m0/s1. The number of carbonyl (C=O) groups excluding carboxylic acids is 3. The fraction of sp³-hybridized carbons (Fsp3) is 0.483. The quantitative estimate of drug-likeness (QED) is 0.619. The predicted molar refractivity (Wildman–Crippen MR) is 145 cm³/mol. The van der Waals surface area contributed by atoms with E-state index in [1.807, 2.05) is 25.1 Å². The van der Waals surface area contributed by atoms with Gasteiger partial charge in [-0.1, -0.05) is 24.3 Å². The number of nitrogens with one attached hydrogen (secondary N) is 1. The Kier molecular flexibility index (Phi) is 7.67. The van der Waals surface area contributed by atoms with Gasteiger partial charge in [-0.15, -0.1) is 0 Å². The van der Waals surface area contributed by atoms with E-state index in [1.54, 1.807) is 33.8 Å². The van der Waals surface area contributed by atoms with Crippen LogP contribution in [-0.2, 0) is 17.8 Å². The summed E-state index contributed by atoms with van der Waals surface area (Å²) in [6.07, 6.45) is 0.0295. The Labute approximate surface area is 224 Å². The maximum absolute atomic E-state index is 13.6. The number of piperazine rings is 1. The minimum absolute atomic E-state index is 0.0259. The molecule has 3 heterocycles. The third-order valence-electron chi connectivity index (χ3n) is 8.12. The molecule has 2 N–H and O–H groups in total. The van der Waals surface area contributed by atoms with E-state index in [-0.39, 0.29) is 30.3 Å². The van der Waals surface area contributed by atoms with Crippen LogP contribution in [0.1, 0.15) is 45.7 Å². The van der Waals surface area contributed by atoms with E-state index in [0.29, 0.717) is 63.5 Å². The molecule has 0 spiro atoms. The molecule has 9 nitrogen and oxygen atoms in total. The van der Waals surface area contributed by atoms with Gasteiger partial charge in [0.1, 0.15) is 0 Å². The van der Waals surface area contributed by atoms with Crippen molar-refractivity contribution in [3.05, 3.63) is 64.7 Å². The summed E-state index contributed by atoms with van der Waals surface area (Å²) in [6.45, 7) is 8.42. The van der Waals surface area contributed by atoms with Gasteiger partial charge in [0.15, 0.2) is 0 Å². The number of likely N-dealkylation sites (N-methyl/N-ethyl adjacent to an activating group) is 1. The van der Waals surface area contributed by atoms with Gasteiger partial charge in [-0.2, -0.15) is 0 Å². The number of rotatable bonds is 5. The SMILES string of the molecule is CCN1CCN(CC(O)[C@@H]2Cc3ccccc3CN2)C(=O)c2ccc(C(=O)N3CCN(C(C)=O)CC3)cc21. The van der Waals surface area contributed by atoms with E-state index >= 15 is 0 Å². The van der Waals surface area contributed by atoms with E-state index in [0.717, 1.165) is 12.1 Å². The number of hydrogen-bond donors (Lipinski definition) is 2. The second kappa shape index (κ2) is 11.1. The topological polar surface area (TPSA) is 96.4 Å². The molecular formula is C29H37N5O4. The zero-order chi connectivity index (χ0) is 26.8. The minimum atomic E-state index is -0.696. The van der Waals surface area contributed by atoms with Crippen LogP contribution in [0, 0.1) is 0 Å². The fourth-order valence-corrected chi connectivity index (χ4v) is 5.75. The summed E-state index contributed by atoms with van der Waals surface area (Å²) >= 11 is 0. The Bertz CT molecular complexity index is 1210. The Balaban J connectivity index is 1.30. The number of aliphatic hydroxyl groups excluding tert-OH is 1. The van der Waals surface area contributed by atoms with Gasteiger partial charge in [-0.3, -0.25) is 14.4 Å². The first-order valence-corrected chi connectivity index (χ1v) is 13.6. The summed E-state index contributed by atoms with van der Waals surface area (Å²) in [4.78, 5) is 45.9. The number of aliphatic hydroxyl groups is 1. The molecule has 0 radical (unpaired) electrons. The molecule has 3 amide bonds. The second-order valence-electron chi connectivity index (χ2n) is 10.4. The molecule has 1 saturated heterocycles. The van der Waals surface area contributed by atoms with Crippen molar-refractivity contribution in [1.29, 1.82) is 0 Å². The van der Waals surface area contributed by atoms with Crippen LogP contribution in [0.2, 0.25) is 0 Å². The number of benzene rings is 2. The van der Waals surface area contributed by atoms with E-state index in [2.05, 4.69) is 22.3 Å². The zero-order valence-corrected chi connectivity index (χ0v) is 22.2. The fourth-order valence-electron chi connectivity index (χ4n) is 5.75. The van der Waals surface area contributed by atoms with Gasteiger partial charge in [-0.05, 0) is 42.7 Å². The molecule has 0 aliphatic carbocycles. The van der Waals surface area contributed by atoms with Crippen molar-refractivity contribution in [2.75, 3.05) is 57.3 Å². The molecule has 3 aliphatic rings. The van der Waals surface area contributed by atoms with Gasteiger partial charge < -0.3 is 30.0 Å². The summed E-state index contributed by atoms with van der Waals surface area (Å²) in [5.41, 5.74) is 4.34. The zero-order valence-electron chi connectivity index (χ0n) is 22.2. The molecule has 1 unspecified atom stereocenters. The van der Waals surface area contributed by atoms with Crippen molar-refractivity contribution in [1.82, 2.24) is 20.0 Å². The lowest BCUT2D eigenvalue weighted by Crippen LogP contribution is -2.50. The number of hydrogen-bond acceptors (Lipinski definition) is 6. The van der Waals surface area contributed by atoms with Crippen molar-refractivity contribution in [2.24, 2.45) is 0 Å². The molecule has 2 aromatic carbocycles. The number of β-amino-alcohol motifs (C(OH)–C–C–N with tert-alkyl or cyclic N) is 1. The Hall–Kier alpha value is -3.43. The van der Waals surface area contributed by atoms with Gasteiger partial charge in [-0.25, -0.2) is 0 Å². The van der Waals surface area contributed by atoms with E-state index in [1.165, 1.54) is 11.1 Å². The molecule has 0 saturated carbocycles. The minimum Gasteiger partial charge on any atom is -0.390 e. The summed E-state index contributed by atoms with van der Waals surface area (Å²) in [6, 6.07) is 13.4. The van der Waals surface area contributed by atoms with Crippen molar-refractivity contribution >= 4 is 23.4 Å². The largest absolute Gasteiger partial charge is 0.390 e. The molecule has 1 fully saturated rings. The van der Waals surface area contributed by atoms with Crippen LogP contribution >= 0.6 is 0 Å². The van der Waals surface area contributed by atoms with E-state index in [9.17, 15) is 19.5 Å². The van der Waals surface area contributed by atoms with Crippen molar-refractivity contribution in [2.45, 2.75) is 39.0 Å². The smallest absolute Gasteiger partial charge is 0.256 e. The molecule has 2 aromatic rings. The highest BCUT2D eigenvalue weighted by atomic mass is 16.3. The Morgan fingerprint density at radius 3 is 2.37 bits per heavy atom. The van der Waals surface area contributed by atoms with Crippen molar-refractivity contribution < 1.29 is 19.5 Å². The second-order valence-corrected chi connectivity index (χ2v) is 10.4. The molecule has 202 valence electrons. The summed E-state index contributed by atoms with van der Waals surface area (Å²) in [5.74, 6) is -0.182. The molecule has 3 aliphatic heterocycles. The van der Waals surface area contributed by atoms with Crippen molar-refractivity contribution in [3.63, 3.8) is 0 Å². The summed E-state index contributed by atoms with van der Waals surface area (Å²) in [7, 11) is 0. The van der Waals surface area contributed by atoms with Gasteiger partial charge in [0.25, 0.3) is 11.8 Å². The van der Waals surface area contributed by atoms with Crippen LogP contribution in [0.25, 0.3) is 0 Å². The maximum atomic E-state index is 13.6. The molecular weight excluding hydrogens is 482 g/mol. The molecule has 38 heavy (non-hydrogen) atoms. The van der Waals surface area contributed by atoms with Crippen LogP contribution in [0.3, 0.4) is 0 Å². The van der Waals surface area contributed by atoms with E-state index < -0.39 is 6.10 Å². The third kappa shape index (κ3) is 5.26. The number of nitrogens with zero attached hydrogens (tertiary/aromatic N) is 4. The van der Waals surface area contributed by atoms with Crippen LogP contribution in [0.5, 0.6) is 0 Å². The number of fused-ring (bicyclic) bond motifs is 2. The highest BCUT2D eigenvalue weighted by molar-refractivity contribution is 6.03. The van der Waals surface area contributed by atoms with Crippen LogP contribution in [0.15, 0.2) is 42.5 Å². The third-order valence-corrected chi connectivity index (χ3v) is 8.12.